The van der Waals surface area contributed by atoms with Gasteiger partial charge < -0.3 is 4.74 Å². The van der Waals surface area contributed by atoms with Crippen molar-refractivity contribution in [3.05, 3.63) is 71.2 Å². The van der Waals surface area contributed by atoms with Gasteiger partial charge in [-0.25, -0.2) is 13.8 Å². The van der Waals surface area contributed by atoms with E-state index < -0.39 is 11.6 Å². The summed E-state index contributed by atoms with van der Waals surface area (Å²) in [5.41, 5.74) is 1.74. The van der Waals surface area contributed by atoms with Crippen LogP contribution < -0.4 is 4.74 Å². The molecule has 3 rings (SSSR count). The molecule has 2 nitrogen and oxygen atoms in total. The first-order chi connectivity index (χ1) is 10.2. The molecule has 0 bridgehead atoms. The van der Waals surface area contributed by atoms with Crippen LogP contribution >= 0.6 is 11.3 Å². The van der Waals surface area contributed by atoms with Gasteiger partial charge in [0.1, 0.15) is 17.4 Å². The van der Waals surface area contributed by atoms with Crippen LogP contribution in [-0.4, -0.2) is 4.98 Å². The van der Waals surface area contributed by atoms with Gasteiger partial charge in [0, 0.05) is 17.0 Å². The minimum absolute atomic E-state index is 0.0191. The molecule has 21 heavy (non-hydrogen) atoms. The van der Waals surface area contributed by atoms with Crippen molar-refractivity contribution in [2.75, 3.05) is 0 Å². The van der Waals surface area contributed by atoms with Gasteiger partial charge in [-0.2, -0.15) is 0 Å². The van der Waals surface area contributed by atoms with Crippen molar-refractivity contribution in [3.8, 4) is 16.3 Å². The van der Waals surface area contributed by atoms with Crippen molar-refractivity contribution < 1.29 is 13.5 Å². The van der Waals surface area contributed by atoms with E-state index in [4.69, 9.17) is 4.74 Å². The molecule has 3 aromatic rings. The third-order valence-corrected chi connectivity index (χ3v) is 3.78. The minimum Gasteiger partial charge on any atom is -0.484 e. The third kappa shape index (κ3) is 3.25. The van der Waals surface area contributed by atoms with E-state index in [1.807, 2.05) is 35.7 Å². The lowest BCUT2D eigenvalue weighted by atomic mass is 10.2. The van der Waals surface area contributed by atoms with Crippen LogP contribution in [0.3, 0.4) is 0 Å². The molecule has 106 valence electrons. The summed E-state index contributed by atoms with van der Waals surface area (Å²) in [5.74, 6) is -1.32. The van der Waals surface area contributed by atoms with E-state index in [0.29, 0.717) is 5.69 Å². The second-order valence-corrected chi connectivity index (χ2v) is 5.23. The Bertz CT molecular complexity index is 743. The number of aromatic nitrogens is 1. The topological polar surface area (TPSA) is 22.1 Å². The highest BCUT2D eigenvalue weighted by Gasteiger charge is 2.08. The summed E-state index contributed by atoms with van der Waals surface area (Å²) in [4.78, 5) is 4.44. The average molecular weight is 303 g/mol. The summed E-state index contributed by atoms with van der Waals surface area (Å²) in [6, 6.07) is 13.0. The quantitative estimate of drug-likeness (QED) is 0.699. The van der Waals surface area contributed by atoms with Crippen molar-refractivity contribution in [2.24, 2.45) is 0 Å². The first-order valence-electron chi connectivity index (χ1n) is 6.30. The van der Waals surface area contributed by atoms with Gasteiger partial charge in [0.2, 0.25) is 0 Å². The van der Waals surface area contributed by atoms with Crippen LogP contribution in [0.15, 0.2) is 53.9 Å². The number of ether oxygens (including phenoxy) is 1. The first kappa shape index (κ1) is 13.7. The van der Waals surface area contributed by atoms with Crippen LogP contribution in [0.25, 0.3) is 10.6 Å². The highest BCUT2D eigenvalue weighted by atomic mass is 32.1. The lowest BCUT2D eigenvalue weighted by molar-refractivity contribution is 0.286. The predicted octanol–water partition coefficient (Wildman–Crippen LogP) is 4.67. The van der Waals surface area contributed by atoms with Gasteiger partial charge in [0.25, 0.3) is 0 Å². The van der Waals surface area contributed by atoms with Gasteiger partial charge in [-0.05, 0) is 12.1 Å². The fourth-order valence-corrected chi connectivity index (χ4v) is 2.64. The monoisotopic (exact) mass is 303 g/mol. The Morgan fingerprint density at radius 2 is 1.86 bits per heavy atom. The molecule has 1 aromatic heterocycles. The molecule has 0 fully saturated rings. The Morgan fingerprint density at radius 1 is 1.05 bits per heavy atom. The van der Waals surface area contributed by atoms with Crippen molar-refractivity contribution in [2.45, 2.75) is 6.61 Å². The van der Waals surface area contributed by atoms with Crippen molar-refractivity contribution in [1.29, 1.82) is 0 Å². The number of halogens is 2. The van der Waals surface area contributed by atoms with Crippen molar-refractivity contribution in [3.63, 3.8) is 0 Å². The van der Waals surface area contributed by atoms with E-state index in [9.17, 15) is 8.78 Å². The molecular formula is C16H11F2NOS. The standard InChI is InChI=1S/C16H11F2NOS/c17-12-6-7-15(14(18)8-12)20-9-13-10-21-16(19-13)11-4-2-1-3-5-11/h1-8,10H,9H2. The minimum atomic E-state index is -0.714. The zero-order valence-corrected chi connectivity index (χ0v) is 11.7. The molecular weight excluding hydrogens is 292 g/mol. The third-order valence-electron chi connectivity index (χ3n) is 2.84. The largest absolute Gasteiger partial charge is 0.484 e. The number of thiazole rings is 1. The Kier molecular flexibility index (Phi) is 3.92. The maximum Gasteiger partial charge on any atom is 0.167 e. The fourth-order valence-electron chi connectivity index (χ4n) is 1.83. The molecule has 2 aromatic carbocycles. The molecule has 0 radical (unpaired) electrons. The normalized spacial score (nSPS) is 10.6. The number of hydrogen-bond acceptors (Lipinski definition) is 3. The molecule has 5 heteroatoms. The Balaban J connectivity index is 1.70. The lowest BCUT2D eigenvalue weighted by Gasteiger charge is -2.05. The van der Waals surface area contributed by atoms with E-state index in [0.717, 1.165) is 22.7 Å². The van der Waals surface area contributed by atoms with Crippen LogP contribution in [0.4, 0.5) is 8.78 Å². The molecule has 1 heterocycles. The van der Waals surface area contributed by atoms with Crippen LogP contribution in [0.5, 0.6) is 5.75 Å². The molecule has 0 N–H and O–H groups in total. The van der Waals surface area contributed by atoms with Gasteiger partial charge in [0.15, 0.2) is 11.6 Å². The maximum absolute atomic E-state index is 13.4. The second kappa shape index (κ2) is 6.01. The van der Waals surface area contributed by atoms with Crippen molar-refractivity contribution >= 4 is 11.3 Å². The van der Waals surface area contributed by atoms with Gasteiger partial charge in [-0.15, -0.1) is 11.3 Å². The Hall–Kier alpha value is -2.27. The molecule has 0 spiro atoms. The van der Waals surface area contributed by atoms with Crippen LogP contribution in [0, 0.1) is 11.6 Å². The van der Waals surface area contributed by atoms with Crippen molar-refractivity contribution in [1.82, 2.24) is 4.98 Å². The lowest BCUT2D eigenvalue weighted by Crippen LogP contribution is -1.98. The van der Waals surface area contributed by atoms with Gasteiger partial charge in [0.05, 0.1) is 5.69 Å². The molecule has 0 atom stereocenters. The van der Waals surface area contributed by atoms with Gasteiger partial charge in [-0.3, -0.25) is 0 Å². The SMILES string of the molecule is Fc1ccc(OCc2csc(-c3ccccc3)n2)c(F)c1. The predicted molar refractivity (Wildman–Crippen MR) is 78.2 cm³/mol. The summed E-state index contributed by atoms with van der Waals surface area (Å²) in [6.07, 6.45) is 0. The Morgan fingerprint density at radius 3 is 2.62 bits per heavy atom. The molecule has 0 amide bonds. The first-order valence-corrected chi connectivity index (χ1v) is 7.18. The Labute approximate surface area is 124 Å². The number of hydrogen-bond donors (Lipinski definition) is 0. The zero-order valence-electron chi connectivity index (χ0n) is 10.9. The summed E-state index contributed by atoms with van der Waals surface area (Å²) in [7, 11) is 0. The maximum atomic E-state index is 13.4. The molecule has 0 aliphatic rings. The molecule has 0 saturated heterocycles. The molecule has 0 aliphatic carbocycles. The smallest absolute Gasteiger partial charge is 0.167 e. The molecule has 0 saturated carbocycles. The van der Waals surface area contributed by atoms with E-state index in [1.165, 1.54) is 17.4 Å². The summed E-state index contributed by atoms with van der Waals surface area (Å²) < 4.78 is 31.6. The van der Waals surface area contributed by atoms with E-state index >= 15 is 0 Å². The summed E-state index contributed by atoms with van der Waals surface area (Å²) >= 11 is 1.50. The number of nitrogens with zero attached hydrogens (tertiary/aromatic N) is 1. The molecule has 0 unspecified atom stereocenters. The second-order valence-electron chi connectivity index (χ2n) is 4.37. The van der Waals surface area contributed by atoms with Gasteiger partial charge >= 0.3 is 0 Å². The number of rotatable bonds is 4. The van der Waals surface area contributed by atoms with E-state index in [-0.39, 0.29) is 12.4 Å². The van der Waals surface area contributed by atoms with Gasteiger partial charge in [-0.1, -0.05) is 30.3 Å². The fraction of sp³-hybridized carbons (Fsp3) is 0.0625. The molecule has 0 aliphatic heterocycles. The zero-order chi connectivity index (χ0) is 14.7. The van der Waals surface area contributed by atoms with Crippen LogP contribution in [0.2, 0.25) is 0 Å². The highest BCUT2D eigenvalue weighted by Crippen LogP contribution is 2.24. The summed E-state index contributed by atoms with van der Waals surface area (Å²) in [5, 5.41) is 2.75. The highest BCUT2D eigenvalue weighted by molar-refractivity contribution is 7.13. The van der Waals surface area contributed by atoms with Crippen LogP contribution in [0.1, 0.15) is 5.69 Å². The van der Waals surface area contributed by atoms with E-state index in [1.54, 1.807) is 0 Å². The van der Waals surface area contributed by atoms with Crippen LogP contribution in [-0.2, 0) is 6.61 Å². The average Bonchev–Trinajstić information content (AvgIpc) is 2.96. The van der Waals surface area contributed by atoms with E-state index in [2.05, 4.69) is 4.98 Å². The number of benzene rings is 2. The summed E-state index contributed by atoms with van der Waals surface area (Å²) in [6.45, 7) is 0.145.